The minimum atomic E-state index is -3.59. The number of aryl methyl sites for hydroxylation is 2. The summed E-state index contributed by atoms with van der Waals surface area (Å²) in [5.74, 6) is 0.277. The van der Waals surface area contributed by atoms with Gasteiger partial charge in [0.05, 0.1) is 12.0 Å². The van der Waals surface area contributed by atoms with E-state index in [1.807, 2.05) is 0 Å². The molecule has 104 valence electrons. The van der Waals surface area contributed by atoms with Gasteiger partial charge >= 0.3 is 0 Å². The van der Waals surface area contributed by atoms with Crippen LogP contribution in [0.15, 0.2) is 9.42 Å². The van der Waals surface area contributed by atoms with Gasteiger partial charge in [0.25, 0.3) is 0 Å². The number of sulfonamides is 1. The molecule has 1 atom stereocenters. The lowest BCUT2D eigenvalue weighted by Gasteiger charge is -2.09. The number of nitrogens with zero attached hydrogens (tertiary/aromatic N) is 1. The molecule has 0 fully saturated rings. The van der Waals surface area contributed by atoms with Crippen LogP contribution in [-0.2, 0) is 14.8 Å². The molecule has 0 radical (unpaired) electrons. The normalized spacial score (nSPS) is 13.8. The molecule has 0 bridgehead atoms. The topological polar surface area (TPSA) is 81.4 Å². The van der Waals surface area contributed by atoms with Crippen LogP contribution in [-0.4, -0.2) is 39.2 Å². The highest BCUT2D eigenvalue weighted by Gasteiger charge is 2.23. The van der Waals surface area contributed by atoms with Crippen molar-refractivity contribution in [3.05, 3.63) is 11.5 Å². The molecule has 0 amide bonds. The van der Waals surface area contributed by atoms with Crippen LogP contribution in [0.2, 0.25) is 0 Å². The number of alkyl halides is 1. The Balaban J connectivity index is 2.61. The molecule has 0 aliphatic heterocycles. The van der Waals surface area contributed by atoms with Crippen molar-refractivity contribution in [2.45, 2.75) is 30.5 Å². The molecule has 0 aliphatic rings. The second-order valence-corrected chi connectivity index (χ2v) is 6.21. The molecule has 1 rings (SSSR count). The van der Waals surface area contributed by atoms with E-state index in [2.05, 4.69) is 9.88 Å². The van der Waals surface area contributed by atoms with Gasteiger partial charge in [-0.3, -0.25) is 0 Å². The van der Waals surface area contributed by atoms with E-state index in [4.69, 9.17) is 20.9 Å². The fourth-order valence-electron chi connectivity index (χ4n) is 1.54. The average molecular weight is 297 g/mol. The van der Waals surface area contributed by atoms with Crippen molar-refractivity contribution in [1.29, 1.82) is 0 Å². The Morgan fingerprint density at radius 2 is 2.17 bits per heavy atom. The summed E-state index contributed by atoms with van der Waals surface area (Å²) >= 11 is 5.91. The number of methoxy groups -OCH3 is 1. The van der Waals surface area contributed by atoms with Crippen LogP contribution in [0.3, 0.4) is 0 Å². The Bertz CT molecular complexity index is 467. The number of nitrogens with one attached hydrogen (secondary N) is 1. The number of aromatic nitrogens is 1. The largest absolute Gasteiger partial charge is 0.383 e. The van der Waals surface area contributed by atoms with Crippen molar-refractivity contribution >= 4 is 21.6 Å². The Morgan fingerprint density at radius 1 is 1.50 bits per heavy atom. The van der Waals surface area contributed by atoms with Gasteiger partial charge in [0.15, 0.2) is 5.76 Å². The van der Waals surface area contributed by atoms with Gasteiger partial charge < -0.3 is 9.26 Å². The fraction of sp³-hybridized carbons (Fsp3) is 0.700. The standard InChI is InChI=1S/C10H17ClN2O4S/c1-7-10(8(2)17-13-7)18(14,15)12-5-4-9(11)6-16-3/h9,12H,4-6H2,1-3H3. The number of ether oxygens (including phenoxy) is 1. The minimum absolute atomic E-state index is 0.0976. The molecule has 1 aromatic heterocycles. The summed E-state index contributed by atoms with van der Waals surface area (Å²) in [6, 6.07) is 0. The van der Waals surface area contributed by atoms with E-state index >= 15 is 0 Å². The fourth-order valence-corrected chi connectivity index (χ4v) is 3.15. The molecule has 0 saturated carbocycles. The highest BCUT2D eigenvalue weighted by atomic mass is 35.5. The highest BCUT2D eigenvalue weighted by Crippen LogP contribution is 2.18. The molecule has 0 spiro atoms. The van der Waals surface area contributed by atoms with Crippen molar-refractivity contribution in [2.24, 2.45) is 0 Å². The Hall–Kier alpha value is -0.630. The summed E-state index contributed by atoms with van der Waals surface area (Å²) in [7, 11) is -2.05. The summed E-state index contributed by atoms with van der Waals surface area (Å²) in [4.78, 5) is 0.0976. The molecule has 8 heteroatoms. The van der Waals surface area contributed by atoms with Crippen molar-refractivity contribution < 1.29 is 17.7 Å². The van der Waals surface area contributed by atoms with Crippen LogP contribution in [0.4, 0.5) is 0 Å². The molecular weight excluding hydrogens is 280 g/mol. The first-order valence-corrected chi connectivity index (χ1v) is 7.36. The first kappa shape index (κ1) is 15.4. The van der Waals surface area contributed by atoms with E-state index in [1.165, 1.54) is 0 Å². The maximum atomic E-state index is 12.0. The van der Waals surface area contributed by atoms with Gasteiger partial charge in [-0.15, -0.1) is 11.6 Å². The first-order chi connectivity index (χ1) is 8.38. The number of hydrogen-bond donors (Lipinski definition) is 1. The van der Waals surface area contributed by atoms with Gasteiger partial charge in [0.1, 0.15) is 10.6 Å². The van der Waals surface area contributed by atoms with Crippen LogP contribution < -0.4 is 4.72 Å². The third-order valence-corrected chi connectivity index (χ3v) is 4.38. The second-order valence-electron chi connectivity index (χ2n) is 3.89. The average Bonchev–Trinajstić information content (AvgIpc) is 2.59. The molecule has 1 aromatic rings. The van der Waals surface area contributed by atoms with Gasteiger partial charge in [-0.2, -0.15) is 0 Å². The zero-order valence-corrected chi connectivity index (χ0v) is 12.1. The van der Waals surface area contributed by atoms with Crippen LogP contribution in [0.25, 0.3) is 0 Å². The first-order valence-electron chi connectivity index (χ1n) is 5.44. The molecule has 0 aromatic carbocycles. The summed E-state index contributed by atoms with van der Waals surface area (Å²) in [5.41, 5.74) is 0.347. The molecule has 0 saturated heterocycles. The maximum absolute atomic E-state index is 12.0. The Labute approximate surface area is 112 Å². The van der Waals surface area contributed by atoms with Crippen LogP contribution in [0.5, 0.6) is 0 Å². The number of rotatable bonds is 7. The Kier molecular flexibility index (Phi) is 5.58. The minimum Gasteiger partial charge on any atom is -0.383 e. The van der Waals surface area contributed by atoms with Crippen molar-refractivity contribution in [1.82, 2.24) is 9.88 Å². The van der Waals surface area contributed by atoms with Crippen LogP contribution in [0.1, 0.15) is 17.9 Å². The van der Waals surface area contributed by atoms with E-state index in [0.717, 1.165) is 0 Å². The third kappa shape index (κ3) is 3.94. The van der Waals surface area contributed by atoms with E-state index < -0.39 is 10.0 Å². The zero-order chi connectivity index (χ0) is 13.8. The smallest absolute Gasteiger partial charge is 0.245 e. The summed E-state index contributed by atoms with van der Waals surface area (Å²) in [6.45, 7) is 3.77. The quantitative estimate of drug-likeness (QED) is 0.765. The summed E-state index contributed by atoms with van der Waals surface area (Å²) < 4.78 is 36.1. The Morgan fingerprint density at radius 3 is 2.67 bits per heavy atom. The van der Waals surface area contributed by atoms with Gasteiger partial charge in [0, 0.05) is 13.7 Å². The van der Waals surface area contributed by atoms with E-state index in [0.29, 0.717) is 18.7 Å². The molecule has 0 aliphatic carbocycles. The molecule has 6 nitrogen and oxygen atoms in total. The zero-order valence-electron chi connectivity index (χ0n) is 10.6. The van der Waals surface area contributed by atoms with Crippen LogP contribution in [0, 0.1) is 13.8 Å². The molecule has 1 heterocycles. The monoisotopic (exact) mass is 296 g/mol. The number of hydrogen-bond acceptors (Lipinski definition) is 5. The lowest BCUT2D eigenvalue weighted by Crippen LogP contribution is -2.28. The molecular formula is C10H17ClN2O4S. The maximum Gasteiger partial charge on any atom is 0.245 e. The lowest BCUT2D eigenvalue weighted by atomic mass is 10.3. The molecule has 1 N–H and O–H groups in total. The van der Waals surface area contributed by atoms with Gasteiger partial charge in [0.2, 0.25) is 10.0 Å². The van der Waals surface area contributed by atoms with Crippen LogP contribution >= 0.6 is 11.6 Å². The third-order valence-electron chi connectivity index (χ3n) is 2.33. The van der Waals surface area contributed by atoms with Crippen molar-refractivity contribution in [3.63, 3.8) is 0 Å². The predicted octanol–water partition coefficient (Wildman–Crippen LogP) is 1.21. The van der Waals surface area contributed by atoms with Gasteiger partial charge in [-0.05, 0) is 20.3 Å². The summed E-state index contributed by atoms with van der Waals surface area (Å²) in [5, 5.41) is 3.39. The molecule has 1 unspecified atom stereocenters. The SMILES string of the molecule is COCC(Cl)CCNS(=O)(=O)c1c(C)noc1C. The number of halogens is 1. The van der Waals surface area contributed by atoms with E-state index in [9.17, 15) is 8.42 Å². The summed E-state index contributed by atoms with van der Waals surface area (Å²) in [6.07, 6.45) is 0.484. The second kappa shape index (κ2) is 6.51. The predicted molar refractivity (Wildman–Crippen MR) is 67.3 cm³/mol. The van der Waals surface area contributed by atoms with Crippen molar-refractivity contribution in [2.75, 3.05) is 20.3 Å². The van der Waals surface area contributed by atoms with Crippen molar-refractivity contribution in [3.8, 4) is 0 Å². The lowest BCUT2D eigenvalue weighted by molar-refractivity contribution is 0.196. The van der Waals surface area contributed by atoms with Gasteiger partial charge in [-0.1, -0.05) is 5.16 Å². The molecule has 18 heavy (non-hydrogen) atoms. The van der Waals surface area contributed by atoms with Gasteiger partial charge in [-0.25, -0.2) is 13.1 Å². The highest BCUT2D eigenvalue weighted by molar-refractivity contribution is 7.89. The van der Waals surface area contributed by atoms with E-state index in [-0.39, 0.29) is 22.6 Å². The van der Waals surface area contributed by atoms with E-state index in [1.54, 1.807) is 21.0 Å².